The summed E-state index contributed by atoms with van der Waals surface area (Å²) in [6, 6.07) is 6.13. The van der Waals surface area contributed by atoms with Gasteiger partial charge in [0.1, 0.15) is 0 Å². The highest BCUT2D eigenvalue weighted by Crippen LogP contribution is 2.27. The molecule has 1 N–H and O–H groups in total. The molecule has 1 unspecified atom stereocenters. The summed E-state index contributed by atoms with van der Waals surface area (Å²) >= 11 is 0. The van der Waals surface area contributed by atoms with Crippen molar-refractivity contribution in [2.75, 3.05) is 7.11 Å². The Kier molecular flexibility index (Phi) is 3.53. The molecule has 3 heteroatoms. The average molecular weight is 245 g/mol. The largest absolute Gasteiger partial charge is 0.481 e. The zero-order valence-electron chi connectivity index (χ0n) is 11.3. The van der Waals surface area contributed by atoms with E-state index in [9.17, 15) is 5.11 Å². The van der Waals surface area contributed by atoms with Crippen LogP contribution in [0.15, 0.2) is 18.2 Å². The summed E-state index contributed by atoms with van der Waals surface area (Å²) in [4.78, 5) is 4.52. The summed E-state index contributed by atoms with van der Waals surface area (Å²) in [6.45, 7) is 5.87. The van der Waals surface area contributed by atoms with Crippen LogP contribution in [0, 0.1) is 6.92 Å². The SMILES string of the molecule is CCc1cc2cc(C)c(C(C)O)cc2nc1OC. The molecule has 1 atom stereocenters. The van der Waals surface area contributed by atoms with Crippen LogP contribution < -0.4 is 4.74 Å². The first kappa shape index (κ1) is 12.8. The van der Waals surface area contributed by atoms with Crippen molar-refractivity contribution < 1.29 is 9.84 Å². The van der Waals surface area contributed by atoms with Crippen LogP contribution >= 0.6 is 0 Å². The normalized spacial score (nSPS) is 12.7. The van der Waals surface area contributed by atoms with Crippen LogP contribution in [0.1, 0.15) is 36.6 Å². The zero-order valence-corrected chi connectivity index (χ0v) is 11.3. The molecule has 96 valence electrons. The number of aryl methyl sites for hydroxylation is 2. The lowest BCUT2D eigenvalue weighted by atomic mass is 10.0. The highest BCUT2D eigenvalue weighted by atomic mass is 16.5. The molecule has 1 aromatic heterocycles. The van der Waals surface area contributed by atoms with Gasteiger partial charge >= 0.3 is 0 Å². The predicted molar refractivity (Wildman–Crippen MR) is 73.0 cm³/mol. The Hall–Kier alpha value is -1.61. The molecule has 0 fully saturated rings. The van der Waals surface area contributed by atoms with Gasteiger partial charge in [-0.25, -0.2) is 4.98 Å². The molecule has 3 nitrogen and oxygen atoms in total. The summed E-state index contributed by atoms with van der Waals surface area (Å²) in [6.07, 6.45) is 0.414. The second-order valence-electron chi connectivity index (χ2n) is 4.59. The quantitative estimate of drug-likeness (QED) is 0.903. The first-order chi connectivity index (χ1) is 8.56. The molecule has 2 rings (SSSR count). The van der Waals surface area contributed by atoms with Crippen molar-refractivity contribution in [1.82, 2.24) is 4.98 Å². The minimum absolute atomic E-state index is 0.479. The number of pyridine rings is 1. The number of aliphatic hydroxyl groups excluding tert-OH is 1. The second kappa shape index (κ2) is 4.94. The van der Waals surface area contributed by atoms with Crippen molar-refractivity contribution in [3.63, 3.8) is 0 Å². The molecule has 0 bridgehead atoms. The van der Waals surface area contributed by atoms with Gasteiger partial charge in [0.25, 0.3) is 0 Å². The van der Waals surface area contributed by atoms with Gasteiger partial charge in [0, 0.05) is 10.9 Å². The van der Waals surface area contributed by atoms with E-state index in [1.807, 2.05) is 13.0 Å². The standard InChI is InChI=1S/C15H19NO2/c1-5-11-7-12-6-9(2)13(10(3)17)8-14(12)16-15(11)18-4/h6-8,10,17H,5H2,1-4H3. The molecule has 0 aliphatic carbocycles. The van der Waals surface area contributed by atoms with Crippen LogP contribution in [0.3, 0.4) is 0 Å². The molecule has 0 saturated carbocycles. The molecular formula is C15H19NO2. The van der Waals surface area contributed by atoms with Gasteiger partial charge in [-0.05, 0) is 49.6 Å². The Morgan fingerprint density at radius 3 is 2.61 bits per heavy atom. The molecule has 0 radical (unpaired) electrons. The van der Waals surface area contributed by atoms with Crippen molar-refractivity contribution >= 4 is 10.9 Å². The molecular weight excluding hydrogens is 226 g/mol. The molecule has 0 amide bonds. The number of aliphatic hydroxyl groups is 1. The third kappa shape index (κ3) is 2.18. The van der Waals surface area contributed by atoms with Gasteiger partial charge in [0.15, 0.2) is 0 Å². The fourth-order valence-electron chi connectivity index (χ4n) is 2.26. The fourth-order valence-corrected chi connectivity index (χ4v) is 2.26. The number of aromatic nitrogens is 1. The maximum atomic E-state index is 9.73. The molecule has 2 aromatic rings. The van der Waals surface area contributed by atoms with E-state index >= 15 is 0 Å². The molecule has 18 heavy (non-hydrogen) atoms. The maximum Gasteiger partial charge on any atom is 0.216 e. The van der Waals surface area contributed by atoms with E-state index in [0.29, 0.717) is 5.88 Å². The van der Waals surface area contributed by atoms with Crippen LogP contribution in [0.25, 0.3) is 10.9 Å². The van der Waals surface area contributed by atoms with Gasteiger partial charge in [0.2, 0.25) is 5.88 Å². The maximum absolute atomic E-state index is 9.73. The second-order valence-corrected chi connectivity index (χ2v) is 4.59. The van der Waals surface area contributed by atoms with Gasteiger partial charge in [-0.15, -0.1) is 0 Å². The lowest BCUT2D eigenvalue weighted by Gasteiger charge is -2.12. The summed E-state index contributed by atoms with van der Waals surface area (Å²) < 4.78 is 5.30. The van der Waals surface area contributed by atoms with Gasteiger partial charge in [-0.2, -0.15) is 0 Å². The summed E-state index contributed by atoms with van der Waals surface area (Å²) in [7, 11) is 1.64. The van der Waals surface area contributed by atoms with Crippen molar-refractivity contribution in [2.24, 2.45) is 0 Å². The Bertz CT molecular complexity index is 576. The predicted octanol–water partition coefficient (Wildman–Crippen LogP) is 3.17. The van der Waals surface area contributed by atoms with E-state index in [1.54, 1.807) is 14.0 Å². The minimum atomic E-state index is -0.479. The number of methoxy groups -OCH3 is 1. The Morgan fingerprint density at radius 1 is 1.33 bits per heavy atom. The highest BCUT2D eigenvalue weighted by molar-refractivity contribution is 5.82. The molecule has 0 spiro atoms. The monoisotopic (exact) mass is 245 g/mol. The lowest BCUT2D eigenvalue weighted by Crippen LogP contribution is -1.99. The topological polar surface area (TPSA) is 42.4 Å². The zero-order chi connectivity index (χ0) is 13.3. The Morgan fingerprint density at radius 2 is 2.06 bits per heavy atom. The van der Waals surface area contributed by atoms with E-state index in [1.165, 1.54) is 0 Å². The number of nitrogens with zero attached hydrogens (tertiary/aromatic N) is 1. The van der Waals surface area contributed by atoms with E-state index in [-0.39, 0.29) is 0 Å². The summed E-state index contributed by atoms with van der Waals surface area (Å²) in [5.41, 5.74) is 3.98. The molecule has 1 aromatic carbocycles. The van der Waals surface area contributed by atoms with E-state index < -0.39 is 6.10 Å². The minimum Gasteiger partial charge on any atom is -0.481 e. The number of benzene rings is 1. The summed E-state index contributed by atoms with van der Waals surface area (Å²) in [5.74, 6) is 0.672. The molecule has 0 aliphatic heterocycles. The lowest BCUT2D eigenvalue weighted by molar-refractivity contribution is 0.198. The van der Waals surface area contributed by atoms with Gasteiger partial charge in [-0.1, -0.05) is 6.92 Å². The van der Waals surface area contributed by atoms with Crippen LogP contribution in [-0.4, -0.2) is 17.2 Å². The highest BCUT2D eigenvalue weighted by Gasteiger charge is 2.10. The van der Waals surface area contributed by atoms with Gasteiger partial charge in [-0.3, -0.25) is 0 Å². The molecule has 1 heterocycles. The van der Waals surface area contributed by atoms with Crippen LogP contribution in [0.5, 0.6) is 5.88 Å². The Labute approximate surface area is 107 Å². The number of rotatable bonds is 3. The third-order valence-corrected chi connectivity index (χ3v) is 3.27. The first-order valence-corrected chi connectivity index (χ1v) is 6.23. The van der Waals surface area contributed by atoms with Gasteiger partial charge in [0.05, 0.1) is 18.7 Å². The van der Waals surface area contributed by atoms with Crippen molar-refractivity contribution in [2.45, 2.75) is 33.3 Å². The number of hydrogen-bond donors (Lipinski definition) is 1. The third-order valence-electron chi connectivity index (χ3n) is 3.27. The molecule has 0 saturated heterocycles. The van der Waals surface area contributed by atoms with Crippen molar-refractivity contribution in [3.8, 4) is 5.88 Å². The van der Waals surface area contributed by atoms with Gasteiger partial charge < -0.3 is 9.84 Å². The van der Waals surface area contributed by atoms with Crippen molar-refractivity contribution in [1.29, 1.82) is 0 Å². The average Bonchev–Trinajstić information content (AvgIpc) is 2.36. The fraction of sp³-hybridized carbons (Fsp3) is 0.400. The Balaban J connectivity index is 2.70. The smallest absolute Gasteiger partial charge is 0.216 e. The van der Waals surface area contributed by atoms with Crippen molar-refractivity contribution in [3.05, 3.63) is 34.9 Å². The van der Waals surface area contributed by atoms with Crippen LogP contribution in [0.4, 0.5) is 0 Å². The molecule has 0 aliphatic rings. The first-order valence-electron chi connectivity index (χ1n) is 6.23. The van der Waals surface area contributed by atoms with Crippen LogP contribution in [-0.2, 0) is 6.42 Å². The number of hydrogen-bond acceptors (Lipinski definition) is 3. The number of ether oxygens (including phenoxy) is 1. The van der Waals surface area contributed by atoms with E-state index in [4.69, 9.17) is 4.74 Å². The summed E-state index contributed by atoms with van der Waals surface area (Å²) in [5, 5.41) is 10.8. The van der Waals surface area contributed by atoms with E-state index in [2.05, 4.69) is 24.0 Å². The number of fused-ring (bicyclic) bond motifs is 1. The van der Waals surface area contributed by atoms with E-state index in [0.717, 1.165) is 34.0 Å². The van der Waals surface area contributed by atoms with Crippen LogP contribution in [0.2, 0.25) is 0 Å².